The van der Waals surface area contributed by atoms with Gasteiger partial charge in [0.25, 0.3) is 5.91 Å². The van der Waals surface area contributed by atoms with Crippen molar-refractivity contribution >= 4 is 22.7 Å². The summed E-state index contributed by atoms with van der Waals surface area (Å²) in [6.45, 7) is 0. The third-order valence-corrected chi connectivity index (χ3v) is 4.41. The number of benzene rings is 1. The zero-order valence-corrected chi connectivity index (χ0v) is 15.5. The van der Waals surface area contributed by atoms with Gasteiger partial charge < -0.3 is 4.42 Å². The van der Waals surface area contributed by atoms with E-state index in [1.807, 2.05) is 36.4 Å². The number of furan rings is 1. The number of amides is 2. The van der Waals surface area contributed by atoms with Gasteiger partial charge in [-0.15, -0.1) is 0 Å². The number of aryl methyl sites for hydroxylation is 1. The molecule has 3 heterocycles. The molecule has 2 N–H and O–H groups in total. The zero-order chi connectivity index (χ0) is 20.1. The SMILES string of the molecule is O=C(CCc1ccco1)NNC(=O)c1cc(-c2cccnc2)nc2ccccc12. The number of aromatic nitrogens is 2. The van der Waals surface area contributed by atoms with Gasteiger partial charge in [0.2, 0.25) is 5.91 Å². The highest BCUT2D eigenvalue weighted by Crippen LogP contribution is 2.24. The number of pyridine rings is 2. The second-order valence-electron chi connectivity index (χ2n) is 6.40. The Bertz CT molecular complexity index is 1140. The van der Waals surface area contributed by atoms with Gasteiger partial charge >= 0.3 is 0 Å². The Kier molecular flexibility index (Phi) is 5.29. The molecule has 7 heteroatoms. The highest BCUT2D eigenvalue weighted by atomic mass is 16.3. The van der Waals surface area contributed by atoms with Crippen molar-refractivity contribution in [3.05, 3.63) is 84.6 Å². The van der Waals surface area contributed by atoms with E-state index in [1.54, 1.807) is 36.9 Å². The third kappa shape index (κ3) is 4.30. The lowest BCUT2D eigenvalue weighted by atomic mass is 10.0. The summed E-state index contributed by atoms with van der Waals surface area (Å²) < 4.78 is 5.20. The van der Waals surface area contributed by atoms with E-state index in [0.29, 0.717) is 34.3 Å². The lowest BCUT2D eigenvalue weighted by molar-refractivity contribution is -0.121. The van der Waals surface area contributed by atoms with E-state index < -0.39 is 5.91 Å². The number of hydrogen-bond donors (Lipinski definition) is 2. The molecule has 0 fully saturated rings. The van der Waals surface area contributed by atoms with Crippen molar-refractivity contribution in [2.45, 2.75) is 12.8 Å². The minimum Gasteiger partial charge on any atom is -0.469 e. The minimum absolute atomic E-state index is 0.200. The summed E-state index contributed by atoms with van der Waals surface area (Å²) in [4.78, 5) is 33.6. The number of nitrogens with one attached hydrogen (secondary N) is 2. The van der Waals surface area contributed by atoms with Crippen LogP contribution in [0.3, 0.4) is 0 Å². The van der Waals surface area contributed by atoms with Gasteiger partial charge in [0.15, 0.2) is 0 Å². The van der Waals surface area contributed by atoms with Crippen molar-refractivity contribution in [2.75, 3.05) is 0 Å². The highest BCUT2D eigenvalue weighted by molar-refractivity contribution is 6.07. The summed E-state index contributed by atoms with van der Waals surface area (Å²) in [6, 6.07) is 16.3. The maximum Gasteiger partial charge on any atom is 0.270 e. The molecule has 3 aromatic heterocycles. The van der Waals surface area contributed by atoms with Crippen LogP contribution < -0.4 is 10.9 Å². The number of nitrogens with zero attached hydrogens (tertiary/aromatic N) is 2. The van der Waals surface area contributed by atoms with E-state index in [2.05, 4.69) is 20.8 Å². The molecule has 29 heavy (non-hydrogen) atoms. The van der Waals surface area contributed by atoms with Crippen molar-refractivity contribution in [1.29, 1.82) is 0 Å². The van der Waals surface area contributed by atoms with E-state index in [1.165, 1.54) is 0 Å². The average Bonchev–Trinajstić information content (AvgIpc) is 3.29. The van der Waals surface area contributed by atoms with E-state index in [9.17, 15) is 9.59 Å². The van der Waals surface area contributed by atoms with Gasteiger partial charge in [0.1, 0.15) is 5.76 Å². The molecular formula is C22H18N4O3. The molecule has 144 valence electrons. The van der Waals surface area contributed by atoms with Gasteiger partial charge in [-0.2, -0.15) is 0 Å². The molecule has 0 unspecified atom stereocenters. The number of carbonyl (C=O) groups excluding carboxylic acids is 2. The van der Waals surface area contributed by atoms with Crippen LogP contribution in [0.25, 0.3) is 22.2 Å². The first kappa shape index (κ1) is 18.4. The van der Waals surface area contributed by atoms with Gasteiger partial charge in [0, 0.05) is 36.2 Å². The number of hydrazine groups is 1. The van der Waals surface area contributed by atoms with E-state index in [0.717, 1.165) is 5.56 Å². The van der Waals surface area contributed by atoms with Crippen molar-refractivity contribution in [1.82, 2.24) is 20.8 Å². The predicted molar refractivity (Wildman–Crippen MR) is 108 cm³/mol. The maximum absolute atomic E-state index is 12.8. The Morgan fingerprint density at radius 1 is 1.00 bits per heavy atom. The first-order chi connectivity index (χ1) is 14.2. The Morgan fingerprint density at radius 2 is 1.90 bits per heavy atom. The van der Waals surface area contributed by atoms with Crippen LogP contribution >= 0.6 is 0 Å². The molecule has 2 amide bonds. The summed E-state index contributed by atoms with van der Waals surface area (Å²) >= 11 is 0. The van der Waals surface area contributed by atoms with E-state index >= 15 is 0 Å². The molecule has 4 rings (SSSR count). The van der Waals surface area contributed by atoms with E-state index in [4.69, 9.17) is 4.42 Å². The summed E-state index contributed by atoms with van der Waals surface area (Å²) in [5.74, 6) is -0.00611. The fraction of sp³-hybridized carbons (Fsp3) is 0.0909. The summed E-state index contributed by atoms with van der Waals surface area (Å²) in [6.07, 6.45) is 5.58. The molecule has 0 saturated heterocycles. The summed E-state index contributed by atoms with van der Waals surface area (Å²) in [7, 11) is 0. The Morgan fingerprint density at radius 3 is 2.69 bits per heavy atom. The quantitative estimate of drug-likeness (QED) is 0.513. The number of fused-ring (bicyclic) bond motifs is 1. The molecular weight excluding hydrogens is 368 g/mol. The second-order valence-corrected chi connectivity index (χ2v) is 6.40. The molecule has 0 spiro atoms. The van der Waals surface area contributed by atoms with Crippen LogP contribution in [0.1, 0.15) is 22.5 Å². The van der Waals surface area contributed by atoms with Crippen molar-refractivity contribution < 1.29 is 14.0 Å². The number of hydrogen-bond acceptors (Lipinski definition) is 5. The normalized spacial score (nSPS) is 10.6. The molecule has 4 aromatic rings. The monoisotopic (exact) mass is 386 g/mol. The third-order valence-electron chi connectivity index (χ3n) is 4.41. The molecule has 0 saturated carbocycles. The number of para-hydroxylation sites is 1. The topological polar surface area (TPSA) is 97.1 Å². The standard InChI is InChI=1S/C22H18N4O3/c27-21(10-9-16-6-4-12-29-16)25-26-22(28)18-13-20(15-5-3-11-23-14-15)24-19-8-2-1-7-17(18)19/h1-8,11-14H,9-10H2,(H,25,27)(H,26,28). The van der Waals surface area contributed by atoms with Gasteiger partial charge in [-0.1, -0.05) is 18.2 Å². The summed E-state index contributed by atoms with van der Waals surface area (Å²) in [5.41, 5.74) is 7.47. The van der Waals surface area contributed by atoms with Crippen LogP contribution in [0, 0.1) is 0 Å². The lowest BCUT2D eigenvalue weighted by Crippen LogP contribution is -2.41. The molecule has 0 radical (unpaired) electrons. The summed E-state index contributed by atoms with van der Waals surface area (Å²) in [5, 5.41) is 0.697. The predicted octanol–water partition coefficient (Wildman–Crippen LogP) is 3.28. The van der Waals surface area contributed by atoms with Gasteiger partial charge in [-0.3, -0.25) is 25.4 Å². The van der Waals surface area contributed by atoms with Crippen LogP contribution in [0.4, 0.5) is 0 Å². The molecule has 1 aromatic carbocycles. The number of rotatable bonds is 5. The average molecular weight is 386 g/mol. The second kappa shape index (κ2) is 8.35. The van der Waals surface area contributed by atoms with Gasteiger partial charge in [0.05, 0.1) is 23.0 Å². The van der Waals surface area contributed by atoms with Crippen LogP contribution in [-0.2, 0) is 11.2 Å². The fourth-order valence-corrected chi connectivity index (χ4v) is 2.97. The first-order valence-corrected chi connectivity index (χ1v) is 9.12. The Labute approximate surface area is 166 Å². The van der Waals surface area contributed by atoms with Crippen LogP contribution in [0.15, 0.2) is 77.7 Å². The molecule has 0 atom stereocenters. The molecule has 7 nitrogen and oxygen atoms in total. The van der Waals surface area contributed by atoms with Crippen LogP contribution in [0.5, 0.6) is 0 Å². The largest absolute Gasteiger partial charge is 0.469 e. The van der Waals surface area contributed by atoms with Crippen LogP contribution in [0.2, 0.25) is 0 Å². The Balaban J connectivity index is 1.52. The van der Waals surface area contributed by atoms with Crippen molar-refractivity contribution in [3.8, 4) is 11.3 Å². The molecule has 0 aliphatic carbocycles. The maximum atomic E-state index is 12.8. The van der Waals surface area contributed by atoms with E-state index in [-0.39, 0.29) is 12.3 Å². The number of carbonyl (C=O) groups is 2. The molecule has 0 aliphatic heterocycles. The fourth-order valence-electron chi connectivity index (χ4n) is 2.97. The Hall–Kier alpha value is -4.00. The zero-order valence-electron chi connectivity index (χ0n) is 15.5. The van der Waals surface area contributed by atoms with Crippen LogP contribution in [-0.4, -0.2) is 21.8 Å². The first-order valence-electron chi connectivity index (χ1n) is 9.12. The van der Waals surface area contributed by atoms with Crippen molar-refractivity contribution in [3.63, 3.8) is 0 Å². The minimum atomic E-state index is -0.417. The van der Waals surface area contributed by atoms with Gasteiger partial charge in [-0.05, 0) is 36.4 Å². The van der Waals surface area contributed by atoms with Gasteiger partial charge in [-0.25, -0.2) is 4.98 Å². The molecule has 0 aliphatic rings. The molecule has 0 bridgehead atoms. The van der Waals surface area contributed by atoms with Crippen molar-refractivity contribution in [2.24, 2.45) is 0 Å². The lowest BCUT2D eigenvalue weighted by Gasteiger charge is -2.11. The highest BCUT2D eigenvalue weighted by Gasteiger charge is 2.15. The smallest absolute Gasteiger partial charge is 0.270 e.